The van der Waals surface area contributed by atoms with E-state index in [9.17, 15) is 9.90 Å². The third-order valence-electron chi connectivity index (χ3n) is 9.94. The molecule has 0 aliphatic heterocycles. The van der Waals surface area contributed by atoms with Crippen LogP contribution in [0.1, 0.15) is 71.6 Å². The second-order valence-electron chi connectivity index (χ2n) is 11.1. The molecule has 28 heavy (non-hydrogen) atoms. The van der Waals surface area contributed by atoms with E-state index in [1.165, 1.54) is 24.8 Å². The average molecular weight is 389 g/mol. The summed E-state index contributed by atoms with van der Waals surface area (Å²) in [7, 11) is 0. The van der Waals surface area contributed by atoms with Gasteiger partial charge in [-0.3, -0.25) is 4.79 Å². The number of hydrogen-bond acceptors (Lipinski definition) is 4. The fraction of sp³-hybridized carbons (Fsp3) is 0.875. The number of carbonyl (C=O) groups excluding carboxylic acids is 1. The van der Waals surface area contributed by atoms with Gasteiger partial charge in [0.1, 0.15) is 0 Å². The van der Waals surface area contributed by atoms with Crippen LogP contribution in [0.15, 0.2) is 11.6 Å². The van der Waals surface area contributed by atoms with Crippen molar-refractivity contribution < 1.29 is 19.7 Å². The lowest BCUT2D eigenvalue weighted by Crippen LogP contribution is -2.60. The number of aliphatic hydroxyl groups excluding tert-OH is 1. The molecule has 5 rings (SSSR count). The third-order valence-corrected chi connectivity index (χ3v) is 9.94. The molecule has 0 saturated heterocycles. The highest BCUT2D eigenvalue weighted by Gasteiger charge is 2.72. The van der Waals surface area contributed by atoms with E-state index in [0.29, 0.717) is 48.6 Å². The van der Waals surface area contributed by atoms with Gasteiger partial charge in [0.05, 0.1) is 25.4 Å². The third kappa shape index (κ3) is 2.43. The van der Waals surface area contributed by atoms with Gasteiger partial charge in [-0.25, -0.2) is 0 Å². The molecule has 156 valence electrons. The molecule has 6 atom stereocenters. The lowest BCUT2D eigenvalue weighted by Gasteiger charge is -2.62. The summed E-state index contributed by atoms with van der Waals surface area (Å²) in [6.07, 6.45) is 11.5. The maximum absolute atomic E-state index is 12.1. The van der Waals surface area contributed by atoms with Crippen molar-refractivity contribution in [2.75, 3.05) is 19.8 Å². The van der Waals surface area contributed by atoms with Crippen molar-refractivity contribution in [2.24, 2.45) is 34.0 Å². The van der Waals surface area contributed by atoms with Crippen LogP contribution < -0.4 is 0 Å². The number of ketones is 1. The van der Waals surface area contributed by atoms with E-state index in [4.69, 9.17) is 9.84 Å². The molecule has 4 heteroatoms. The van der Waals surface area contributed by atoms with E-state index in [-0.39, 0.29) is 17.4 Å². The molecular formula is C24H36O4. The summed E-state index contributed by atoms with van der Waals surface area (Å²) in [6.45, 7) is 5.46. The molecule has 1 spiro atoms. The van der Waals surface area contributed by atoms with Crippen LogP contribution in [0.2, 0.25) is 0 Å². The predicted octanol–water partition coefficient (Wildman–Crippen LogP) is 3.65. The number of hydrogen-bond donors (Lipinski definition) is 2. The monoisotopic (exact) mass is 388 g/mol. The Labute approximate surface area is 168 Å². The Morgan fingerprint density at radius 2 is 1.93 bits per heavy atom. The van der Waals surface area contributed by atoms with Gasteiger partial charge >= 0.3 is 0 Å². The highest BCUT2D eigenvalue weighted by molar-refractivity contribution is 5.91. The van der Waals surface area contributed by atoms with Crippen molar-refractivity contribution >= 4 is 5.78 Å². The first kappa shape index (κ1) is 19.3. The van der Waals surface area contributed by atoms with Gasteiger partial charge in [-0.1, -0.05) is 19.4 Å². The standard InChI is InChI=1S/C24H36O4/c1-21-7-5-17(26)13-16(21)3-4-18-19-6-8-24(27,15-28-12-11-25)22(19,2)14-23(9-10-23)20(18)21/h13,18-20,25,27H,3-12,14-15H2,1-2H3. The molecule has 6 unspecified atom stereocenters. The second kappa shape index (κ2) is 6.15. The van der Waals surface area contributed by atoms with Crippen LogP contribution in [-0.2, 0) is 9.53 Å². The van der Waals surface area contributed by atoms with Crippen molar-refractivity contribution in [3.63, 3.8) is 0 Å². The van der Waals surface area contributed by atoms with Gasteiger partial charge in [0.2, 0.25) is 0 Å². The van der Waals surface area contributed by atoms with E-state index < -0.39 is 5.60 Å². The Bertz CT molecular complexity index is 709. The van der Waals surface area contributed by atoms with Gasteiger partial charge < -0.3 is 14.9 Å². The lowest BCUT2D eigenvalue weighted by atomic mass is 9.42. The van der Waals surface area contributed by atoms with E-state index in [1.807, 2.05) is 6.08 Å². The highest BCUT2D eigenvalue weighted by Crippen LogP contribution is 2.78. The topological polar surface area (TPSA) is 66.8 Å². The van der Waals surface area contributed by atoms with Gasteiger partial charge in [-0.15, -0.1) is 0 Å². The predicted molar refractivity (Wildman–Crippen MR) is 107 cm³/mol. The lowest BCUT2D eigenvalue weighted by molar-refractivity contribution is -0.178. The quantitative estimate of drug-likeness (QED) is 0.722. The van der Waals surface area contributed by atoms with Crippen molar-refractivity contribution in [3.8, 4) is 0 Å². The molecule has 0 aromatic carbocycles. The average Bonchev–Trinajstić information content (AvgIpc) is 3.35. The number of rotatable bonds is 4. The number of aliphatic hydroxyl groups is 2. The zero-order valence-corrected chi connectivity index (χ0v) is 17.5. The maximum atomic E-state index is 12.1. The SMILES string of the molecule is CC12CCC(=O)C=C1CCC1C2C2(CC2)CC2(C)C1CCC2(O)COCCO. The minimum atomic E-state index is -0.771. The van der Waals surface area contributed by atoms with Crippen LogP contribution in [0.3, 0.4) is 0 Å². The van der Waals surface area contributed by atoms with Crippen LogP contribution in [-0.4, -0.2) is 41.4 Å². The molecule has 5 aliphatic carbocycles. The zero-order chi connectivity index (χ0) is 19.8. The minimum Gasteiger partial charge on any atom is -0.394 e. The molecule has 2 N–H and O–H groups in total. The van der Waals surface area contributed by atoms with Crippen molar-refractivity contribution in [2.45, 2.75) is 77.2 Å². The summed E-state index contributed by atoms with van der Waals surface area (Å²) in [4.78, 5) is 12.1. The van der Waals surface area contributed by atoms with Crippen LogP contribution >= 0.6 is 0 Å². The Balaban J connectivity index is 1.50. The molecule has 0 heterocycles. The van der Waals surface area contributed by atoms with Gasteiger partial charge in [0.15, 0.2) is 5.78 Å². The fourth-order valence-corrected chi connectivity index (χ4v) is 8.57. The summed E-state index contributed by atoms with van der Waals surface area (Å²) in [6, 6.07) is 0. The van der Waals surface area contributed by atoms with Crippen LogP contribution in [0.5, 0.6) is 0 Å². The Morgan fingerprint density at radius 3 is 2.64 bits per heavy atom. The molecular weight excluding hydrogens is 352 g/mol. The van der Waals surface area contributed by atoms with E-state index in [0.717, 1.165) is 32.1 Å². The summed E-state index contributed by atoms with van der Waals surface area (Å²) in [5.41, 5.74) is 1.09. The second-order valence-corrected chi connectivity index (χ2v) is 11.1. The first-order valence-electron chi connectivity index (χ1n) is 11.4. The number of fused-ring (bicyclic) bond motifs is 6. The van der Waals surface area contributed by atoms with Gasteiger partial charge in [0.25, 0.3) is 0 Å². The largest absolute Gasteiger partial charge is 0.394 e. The van der Waals surface area contributed by atoms with Crippen LogP contribution in [0.4, 0.5) is 0 Å². The van der Waals surface area contributed by atoms with E-state index in [1.54, 1.807) is 0 Å². The molecule has 0 radical (unpaired) electrons. The molecule has 0 amide bonds. The van der Waals surface area contributed by atoms with E-state index in [2.05, 4.69) is 13.8 Å². The normalized spacial score (nSPS) is 48.6. The van der Waals surface area contributed by atoms with Gasteiger partial charge in [-0.2, -0.15) is 0 Å². The summed E-state index contributed by atoms with van der Waals surface area (Å²) < 4.78 is 5.68. The van der Waals surface area contributed by atoms with Crippen molar-refractivity contribution in [3.05, 3.63) is 11.6 Å². The Kier molecular flexibility index (Phi) is 4.23. The number of allylic oxidation sites excluding steroid dienone is 1. The maximum Gasteiger partial charge on any atom is 0.155 e. The van der Waals surface area contributed by atoms with E-state index >= 15 is 0 Å². The summed E-state index contributed by atoms with van der Waals surface area (Å²) in [5.74, 6) is 2.20. The zero-order valence-electron chi connectivity index (χ0n) is 17.5. The molecule has 4 nitrogen and oxygen atoms in total. The smallest absolute Gasteiger partial charge is 0.155 e. The molecule has 4 fully saturated rings. The molecule has 0 bridgehead atoms. The van der Waals surface area contributed by atoms with Crippen LogP contribution in [0.25, 0.3) is 0 Å². The van der Waals surface area contributed by atoms with Crippen molar-refractivity contribution in [1.29, 1.82) is 0 Å². The first-order chi connectivity index (χ1) is 13.3. The first-order valence-corrected chi connectivity index (χ1v) is 11.4. The van der Waals surface area contributed by atoms with Crippen molar-refractivity contribution in [1.82, 2.24) is 0 Å². The van der Waals surface area contributed by atoms with Gasteiger partial charge in [0, 0.05) is 11.8 Å². The number of carbonyl (C=O) groups is 1. The van der Waals surface area contributed by atoms with Gasteiger partial charge in [-0.05, 0) is 86.0 Å². The van der Waals surface area contributed by atoms with Crippen LogP contribution in [0, 0.1) is 34.0 Å². The fourth-order valence-electron chi connectivity index (χ4n) is 8.57. The summed E-state index contributed by atoms with van der Waals surface area (Å²) in [5, 5.41) is 20.8. The molecule has 4 saturated carbocycles. The molecule has 0 aromatic heterocycles. The Hall–Kier alpha value is -0.710. The highest BCUT2D eigenvalue weighted by atomic mass is 16.5. The summed E-state index contributed by atoms with van der Waals surface area (Å²) >= 11 is 0. The molecule has 5 aliphatic rings. The molecule has 0 aromatic rings. The Morgan fingerprint density at radius 1 is 1.14 bits per heavy atom. The minimum absolute atomic E-state index is 0.0110. The number of ether oxygens (including phenoxy) is 1.